The predicted molar refractivity (Wildman–Crippen MR) is 108 cm³/mol. The van der Waals surface area contributed by atoms with Gasteiger partial charge >= 0.3 is 5.97 Å². The quantitative estimate of drug-likeness (QED) is 0.475. The number of methoxy groups -OCH3 is 1. The summed E-state index contributed by atoms with van der Waals surface area (Å²) in [5.41, 5.74) is 0.398. The molecular formula is C20H18ClF2N5O2. The molecule has 4 rings (SSSR count). The summed E-state index contributed by atoms with van der Waals surface area (Å²) in [7, 11) is 1.31. The summed E-state index contributed by atoms with van der Waals surface area (Å²) in [4.78, 5) is 20.5. The molecule has 0 aliphatic heterocycles. The third kappa shape index (κ3) is 3.60. The van der Waals surface area contributed by atoms with Crippen LogP contribution >= 0.6 is 11.6 Å². The Morgan fingerprint density at radius 1 is 1.33 bits per heavy atom. The van der Waals surface area contributed by atoms with Crippen molar-refractivity contribution in [1.82, 2.24) is 20.2 Å². The average Bonchev–Trinajstić information content (AvgIpc) is 3.12. The summed E-state index contributed by atoms with van der Waals surface area (Å²) in [6.45, 7) is 1.91. The van der Waals surface area contributed by atoms with Crippen molar-refractivity contribution in [1.29, 1.82) is 0 Å². The number of halogens is 3. The molecule has 1 aliphatic rings. The fourth-order valence-electron chi connectivity index (χ4n) is 3.67. The van der Waals surface area contributed by atoms with Crippen molar-refractivity contribution in [3.63, 3.8) is 0 Å². The Balaban J connectivity index is 1.75. The van der Waals surface area contributed by atoms with Gasteiger partial charge in [0.1, 0.15) is 5.69 Å². The first-order valence-corrected chi connectivity index (χ1v) is 9.64. The van der Waals surface area contributed by atoms with Crippen LogP contribution in [-0.2, 0) is 9.53 Å². The van der Waals surface area contributed by atoms with Gasteiger partial charge in [-0.2, -0.15) is 5.10 Å². The maximum atomic E-state index is 14.6. The molecule has 0 radical (unpaired) electrons. The largest absolute Gasteiger partial charge is 0.469 e. The van der Waals surface area contributed by atoms with Crippen molar-refractivity contribution in [2.75, 3.05) is 12.4 Å². The molecule has 3 atom stereocenters. The van der Waals surface area contributed by atoms with Crippen molar-refractivity contribution >= 4 is 34.4 Å². The van der Waals surface area contributed by atoms with Crippen molar-refractivity contribution in [3.05, 3.63) is 47.1 Å². The van der Waals surface area contributed by atoms with Crippen LogP contribution in [0.2, 0.25) is 5.02 Å². The molecule has 0 amide bonds. The molecule has 0 aromatic carbocycles. The number of allylic oxidation sites excluding steroid dienone is 1. The van der Waals surface area contributed by atoms with Crippen LogP contribution in [0.5, 0.6) is 0 Å². The van der Waals surface area contributed by atoms with Gasteiger partial charge in [0.05, 0.1) is 29.8 Å². The van der Waals surface area contributed by atoms with E-state index in [1.807, 2.05) is 13.0 Å². The lowest BCUT2D eigenvalue weighted by Crippen LogP contribution is -2.40. The predicted octanol–water partition coefficient (Wildman–Crippen LogP) is 4.12. The number of aromatic nitrogens is 4. The number of nitrogens with one attached hydrogen (secondary N) is 2. The number of aromatic amines is 1. The van der Waals surface area contributed by atoms with Gasteiger partial charge in [-0.15, -0.1) is 0 Å². The highest BCUT2D eigenvalue weighted by molar-refractivity contribution is 6.31. The number of carbonyl (C=O) groups excluding carboxylic acids is 1. The zero-order chi connectivity index (χ0) is 21.4. The van der Waals surface area contributed by atoms with E-state index in [1.54, 1.807) is 12.1 Å². The Morgan fingerprint density at radius 2 is 2.13 bits per heavy atom. The molecule has 0 fully saturated rings. The van der Waals surface area contributed by atoms with Crippen molar-refractivity contribution in [2.45, 2.75) is 19.4 Å². The van der Waals surface area contributed by atoms with Gasteiger partial charge in [0.25, 0.3) is 0 Å². The number of H-pyrrole nitrogens is 1. The van der Waals surface area contributed by atoms with E-state index in [2.05, 4.69) is 25.5 Å². The lowest BCUT2D eigenvalue weighted by molar-refractivity contribution is -0.147. The summed E-state index contributed by atoms with van der Waals surface area (Å²) >= 11 is 5.99. The van der Waals surface area contributed by atoms with Crippen molar-refractivity contribution in [2.24, 2.45) is 11.8 Å². The van der Waals surface area contributed by atoms with Gasteiger partial charge in [-0.1, -0.05) is 30.7 Å². The number of pyridine rings is 2. The Hall–Kier alpha value is -3.07. The van der Waals surface area contributed by atoms with Crippen LogP contribution in [0.25, 0.3) is 22.4 Å². The minimum absolute atomic E-state index is 0.0207. The fraction of sp³-hybridized carbons (Fsp3) is 0.300. The lowest BCUT2D eigenvalue weighted by atomic mass is 9.81. The number of hydrogen-bond donors (Lipinski definition) is 2. The van der Waals surface area contributed by atoms with Gasteiger partial charge in [0, 0.05) is 17.6 Å². The molecule has 0 saturated carbocycles. The van der Waals surface area contributed by atoms with Crippen LogP contribution in [0.3, 0.4) is 0 Å². The molecule has 1 aliphatic carbocycles. The number of hydrogen-bond acceptors (Lipinski definition) is 6. The topological polar surface area (TPSA) is 92.8 Å². The number of esters is 1. The number of ether oxygens (including phenoxy) is 1. The third-order valence-corrected chi connectivity index (χ3v) is 5.38. The van der Waals surface area contributed by atoms with E-state index in [0.717, 1.165) is 6.07 Å². The highest BCUT2D eigenvalue weighted by Gasteiger charge is 2.35. The standard InChI is InChI=1S/C20H18ClF2N5O2/c1-9-4-3-5-14(15(9)20(29)30-2)25-19-13(23)7-12(22)17(26-19)16-11-6-10(21)8-24-18(11)28-27-16/h3,5-9,14-15H,4H2,1-2H3,(H,25,26)(H,24,27,28)/t9?,14-,15?/m1/s1. The lowest BCUT2D eigenvalue weighted by Gasteiger charge is -2.31. The highest BCUT2D eigenvalue weighted by atomic mass is 35.5. The van der Waals surface area contributed by atoms with Gasteiger partial charge in [-0.25, -0.2) is 18.7 Å². The second-order valence-corrected chi connectivity index (χ2v) is 7.57. The number of carbonyl (C=O) groups is 1. The Labute approximate surface area is 175 Å². The monoisotopic (exact) mass is 433 g/mol. The molecule has 3 heterocycles. The zero-order valence-electron chi connectivity index (χ0n) is 16.1. The number of nitrogens with zero attached hydrogens (tertiary/aromatic N) is 3. The average molecular weight is 434 g/mol. The van der Waals surface area contributed by atoms with Gasteiger partial charge < -0.3 is 10.1 Å². The van der Waals surface area contributed by atoms with Crippen LogP contribution in [0, 0.1) is 23.5 Å². The molecule has 0 saturated heterocycles. The first-order chi connectivity index (χ1) is 14.4. The van der Waals surface area contributed by atoms with E-state index in [1.165, 1.54) is 13.3 Å². The highest BCUT2D eigenvalue weighted by Crippen LogP contribution is 2.32. The van der Waals surface area contributed by atoms with Crippen molar-refractivity contribution < 1.29 is 18.3 Å². The first kappa shape index (κ1) is 20.2. The molecule has 3 aromatic heterocycles. The van der Waals surface area contributed by atoms with Gasteiger partial charge in [0.2, 0.25) is 0 Å². The smallest absolute Gasteiger partial charge is 0.311 e. The molecule has 0 spiro atoms. The maximum Gasteiger partial charge on any atom is 0.311 e. The second kappa shape index (κ2) is 7.98. The molecule has 10 heteroatoms. The van der Waals surface area contributed by atoms with Crippen LogP contribution < -0.4 is 5.32 Å². The molecular weight excluding hydrogens is 416 g/mol. The fourth-order valence-corrected chi connectivity index (χ4v) is 3.83. The zero-order valence-corrected chi connectivity index (χ0v) is 16.9. The minimum Gasteiger partial charge on any atom is -0.469 e. The second-order valence-electron chi connectivity index (χ2n) is 7.13. The van der Waals surface area contributed by atoms with E-state index < -0.39 is 29.6 Å². The molecule has 2 N–H and O–H groups in total. The van der Waals surface area contributed by atoms with Gasteiger partial charge in [-0.3, -0.25) is 9.89 Å². The first-order valence-electron chi connectivity index (χ1n) is 9.26. The van der Waals surface area contributed by atoms with E-state index in [-0.39, 0.29) is 23.1 Å². The Kier molecular flexibility index (Phi) is 5.38. The summed E-state index contributed by atoms with van der Waals surface area (Å²) in [5, 5.41) is 10.4. The van der Waals surface area contributed by atoms with Gasteiger partial charge in [0.15, 0.2) is 23.1 Å². The van der Waals surface area contributed by atoms with E-state index in [0.29, 0.717) is 22.5 Å². The van der Waals surface area contributed by atoms with Crippen LogP contribution in [0.4, 0.5) is 14.6 Å². The number of fused-ring (bicyclic) bond motifs is 1. The normalized spacial score (nSPS) is 21.0. The SMILES string of the molecule is COC(=O)C1C(C)CC=C[C@H]1Nc1nc(-c2[nH]nc3ncc(Cl)cc23)c(F)cc1F. The Bertz CT molecular complexity index is 1150. The summed E-state index contributed by atoms with van der Waals surface area (Å²) < 4.78 is 34.1. The molecule has 7 nitrogen and oxygen atoms in total. The van der Waals surface area contributed by atoms with Crippen LogP contribution in [0.15, 0.2) is 30.5 Å². The molecule has 2 unspecified atom stereocenters. The number of rotatable bonds is 4. The minimum atomic E-state index is -0.883. The molecule has 156 valence electrons. The molecule has 30 heavy (non-hydrogen) atoms. The van der Waals surface area contributed by atoms with E-state index >= 15 is 0 Å². The van der Waals surface area contributed by atoms with Crippen LogP contribution in [-0.4, -0.2) is 39.3 Å². The van der Waals surface area contributed by atoms with Crippen molar-refractivity contribution in [3.8, 4) is 11.4 Å². The van der Waals surface area contributed by atoms with Gasteiger partial charge in [-0.05, 0) is 18.4 Å². The molecule has 3 aromatic rings. The third-order valence-electron chi connectivity index (χ3n) is 5.17. The van der Waals surface area contributed by atoms with E-state index in [9.17, 15) is 13.6 Å². The summed E-state index contributed by atoms with van der Waals surface area (Å²) in [6.07, 6.45) is 5.77. The Morgan fingerprint density at radius 3 is 2.90 bits per heavy atom. The maximum absolute atomic E-state index is 14.6. The number of anilines is 1. The van der Waals surface area contributed by atoms with Crippen LogP contribution in [0.1, 0.15) is 13.3 Å². The van der Waals surface area contributed by atoms with E-state index in [4.69, 9.17) is 16.3 Å². The molecule has 0 bridgehead atoms. The summed E-state index contributed by atoms with van der Waals surface area (Å²) in [6, 6.07) is 1.74. The summed E-state index contributed by atoms with van der Waals surface area (Å²) in [5.74, 6) is -2.92.